The van der Waals surface area contributed by atoms with Crippen LogP contribution in [-0.2, 0) is 67.1 Å². The molecule has 0 bridgehead atoms. The summed E-state index contributed by atoms with van der Waals surface area (Å²) in [6.07, 6.45) is -12.0. The van der Waals surface area contributed by atoms with E-state index in [2.05, 4.69) is 52.5 Å². The van der Waals surface area contributed by atoms with Gasteiger partial charge in [-0.15, -0.1) is 0 Å². The smallest absolute Gasteiger partial charge is 0.329 e. The number of hydrogen-bond acceptors (Lipinski definition) is 22. The number of aromatic hydroxyl groups is 1. The van der Waals surface area contributed by atoms with Gasteiger partial charge in [0.2, 0.25) is 65.0 Å². The zero-order chi connectivity index (χ0) is 80.3. The molecule has 38 nitrogen and oxygen atoms in total. The molecule has 105 heavy (non-hydrogen) atoms. The lowest BCUT2D eigenvalue weighted by atomic mass is 9.87. The maximum atomic E-state index is 14.8. The van der Waals surface area contributed by atoms with Crippen LogP contribution >= 0.6 is 0 Å². The second-order valence-corrected chi connectivity index (χ2v) is 27.8. The number of nitrogens with two attached hydrogens (primary N) is 6. The number of benzene rings is 1. The summed E-state index contributed by atoms with van der Waals surface area (Å²) in [5, 5.41) is 85.5. The first-order valence-corrected chi connectivity index (χ1v) is 34.8. The quantitative estimate of drug-likeness (QED) is 0.0125. The molecule has 2 rings (SSSR count). The van der Waals surface area contributed by atoms with Crippen LogP contribution in [-0.4, -0.2) is 247 Å². The second kappa shape index (κ2) is 43.0. The highest BCUT2D eigenvalue weighted by atomic mass is 16.5. The molecular weight excluding hydrogens is 1380 g/mol. The normalized spacial score (nSPS) is 19.4. The number of rotatable bonds is 43. The van der Waals surface area contributed by atoms with E-state index in [0.717, 1.165) is 23.6 Å². The molecular formula is C67H114N18O20. The van der Waals surface area contributed by atoms with Crippen LogP contribution in [0.2, 0.25) is 0 Å². The number of carbonyl (C=O) groups is 13. The summed E-state index contributed by atoms with van der Waals surface area (Å²) in [6, 6.07) is -11.3. The number of carbonyl (C=O) groups excluding carboxylic acids is 13. The average Bonchev–Trinajstić information content (AvgIpc) is 1.71. The molecule has 1 aliphatic heterocycles. The van der Waals surface area contributed by atoms with E-state index in [9.17, 15) is 93.0 Å². The van der Waals surface area contributed by atoms with E-state index in [1.165, 1.54) is 73.0 Å². The van der Waals surface area contributed by atoms with Crippen LogP contribution in [0.3, 0.4) is 0 Å². The van der Waals surface area contributed by atoms with Gasteiger partial charge in [-0.2, -0.15) is 0 Å². The number of primary amides is 2. The molecule has 1 heterocycles. The Kier molecular flexibility index (Phi) is 37.5. The van der Waals surface area contributed by atoms with Crippen LogP contribution in [0.15, 0.2) is 34.3 Å². The molecule has 20 unspecified atom stereocenters. The van der Waals surface area contributed by atoms with Gasteiger partial charge < -0.3 is 122 Å². The Bertz CT molecular complexity index is 3200. The van der Waals surface area contributed by atoms with Gasteiger partial charge in [-0.1, -0.05) is 67.5 Å². The number of nitrogens with zero attached hydrogens (tertiary/aromatic N) is 4. The molecule has 1 aromatic carbocycles. The average molecular weight is 1490 g/mol. The molecule has 592 valence electrons. The number of guanidine groups is 2. The van der Waals surface area contributed by atoms with Gasteiger partial charge in [0.15, 0.2) is 24.1 Å². The van der Waals surface area contributed by atoms with E-state index in [1.54, 1.807) is 20.8 Å². The summed E-state index contributed by atoms with van der Waals surface area (Å²) < 4.78 is 5.72. The molecule has 0 aromatic heterocycles. The molecule has 38 heteroatoms. The number of hydrogen-bond donors (Lipinski definition) is 20. The van der Waals surface area contributed by atoms with Crippen molar-refractivity contribution < 1.29 is 97.7 Å². The summed E-state index contributed by atoms with van der Waals surface area (Å²) in [4.78, 5) is 190. The minimum Gasteiger partial charge on any atom is -0.508 e. The lowest BCUT2D eigenvalue weighted by molar-refractivity contribution is -0.153. The maximum Gasteiger partial charge on any atom is 0.329 e. The van der Waals surface area contributed by atoms with Gasteiger partial charge in [0.25, 0.3) is 5.91 Å². The van der Waals surface area contributed by atoms with Crippen molar-refractivity contribution in [2.75, 3.05) is 27.2 Å². The van der Waals surface area contributed by atoms with Gasteiger partial charge in [-0.05, 0) is 114 Å². The van der Waals surface area contributed by atoms with E-state index >= 15 is 0 Å². The molecule has 1 fully saturated rings. The van der Waals surface area contributed by atoms with Crippen molar-refractivity contribution in [3.8, 4) is 5.75 Å². The van der Waals surface area contributed by atoms with Gasteiger partial charge in [-0.3, -0.25) is 67.5 Å². The van der Waals surface area contributed by atoms with Crippen LogP contribution in [0.5, 0.6) is 5.75 Å². The Hall–Kier alpha value is -9.53. The van der Waals surface area contributed by atoms with Crippen LogP contribution < -0.4 is 76.9 Å². The predicted molar refractivity (Wildman–Crippen MR) is 381 cm³/mol. The Labute approximate surface area is 610 Å². The summed E-state index contributed by atoms with van der Waals surface area (Å²) in [7, 11) is 2.48. The molecule has 1 aliphatic rings. The fourth-order valence-corrected chi connectivity index (χ4v) is 11.5. The molecule has 0 aliphatic carbocycles. The van der Waals surface area contributed by atoms with E-state index < -0.39 is 210 Å². The van der Waals surface area contributed by atoms with Crippen molar-refractivity contribution in [1.82, 2.24) is 52.3 Å². The highest BCUT2D eigenvalue weighted by Crippen LogP contribution is 2.30. The fraction of sp³-hybridized carbons (Fsp3) is 0.687. The molecule has 26 N–H and O–H groups in total. The van der Waals surface area contributed by atoms with Gasteiger partial charge >= 0.3 is 5.97 Å². The first-order valence-electron chi connectivity index (χ1n) is 34.8. The molecule has 0 spiro atoms. The van der Waals surface area contributed by atoms with E-state index in [4.69, 9.17) is 39.1 Å². The molecule has 0 saturated carbocycles. The maximum absolute atomic E-state index is 14.8. The third-order valence-electron chi connectivity index (χ3n) is 18.2. The number of amides is 12. The predicted octanol–water partition coefficient (Wildman–Crippen LogP) is -6.10. The number of cyclic esters (lactones) is 1. The number of nitrogens with one attached hydrogen (secondary N) is 8. The molecule has 20 atom stereocenters. The van der Waals surface area contributed by atoms with Crippen molar-refractivity contribution in [3.05, 3.63) is 29.8 Å². The lowest BCUT2D eigenvalue weighted by Gasteiger charge is -2.34. The monoisotopic (exact) mass is 1490 g/mol. The standard InChI is InChI=1S/C67H114N18O20/c1-29(2)27-31(5)50(90)34(8)55(94)76-35(9)56(95)77-41(17-15-25-74-66(70)71)51(91)52(92)62(101)80-46(32(6)33(7)54(69)93)59(98)81-48(38(12)87)61(100)82-47(37(11)86)60(99)78-42(18-16-26-75-67(72)73)57(96)79-43(28-30(3)4)63(102)85(14)44(23-24-45(68)89)58(97)83-49-53(39-19-21-40(88)22-20-39)105-65(104)36(10)84(13)64(49)103/h19-22,29-38,41-44,46-53,86-88,90-92H,15-18,23-28H2,1-14H3,(H2,68,89)(H2,69,93)(H,76,94)(H,77,95)(H,78,99)(H,79,96)(H,80,101)(H,81,98)(H,82,100)(H,83,97)(H4,70,71,74)(H4,72,73,75). The largest absolute Gasteiger partial charge is 0.508 e. The number of aliphatic hydroxyl groups excluding tert-OH is 5. The number of phenols is 1. The summed E-state index contributed by atoms with van der Waals surface area (Å²) in [5.74, 6) is -18.4. The highest BCUT2D eigenvalue weighted by Gasteiger charge is 2.46. The van der Waals surface area contributed by atoms with E-state index in [1.807, 2.05) is 13.8 Å². The third kappa shape index (κ3) is 28.8. The SMILES string of the molecule is CC(C)CC(NC(=O)C(CCCN=C(N)N)NC(=O)C(NC(=O)C(NC(=O)C(NC(=O)C(O)C(O)C(CCCN=C(N)N)NC(=O)C(C)NC(=O)C(C)C(O)C(C)CC(C)C)C(C)C(C)C(N)=O)C(C)O)C(C)O)C(=O)N(C)C(CCC(N)=O)C(=O)NC1C(=O)N(C)C(C)C(=O)OC1c1ccc(O)cc1. The van der Waals surface area contributed by atoms with E-state index in [-0.39, 0.29) is 80.3 Å². The fourth-order valence-electron chi connectivity index (χ4n) is 11.5. The number of ether oxygens (including phenoxy) is 1. The zero-order valence-corrected chi connectivity index (χ0v) is 62.2. The minimum absolute atomic E-state index is 0.0237. The van der Waals surface area contributed by atoms with Crippen LogP contribution in [0, 0.1) is 35.5 Å². The number of aliphatic imine (C=N–C) groups is 2. The molecule has 0 radical (unpaired) electrons. The van der Waals surface area contributed by atoms with Crippen molar-refractivity contribution in [1.29, 1.82) is 0 Å². The number of aliphatic hydroxyl groups is 5. The topological polar surface area (TPSA) is 636 Å². The van der Waals surface area contributed by atoms with Gasteiger partial charge in [0, 0.05) is 39.5 Å². The number of phenolic OH excluding ortho intramolecular Hbond substituents is 1. The number of likely N-dealkylation sites (N-methyl/N-ethyl adjacent to an activating group) is 2. The van der Waals surface area contributed by atoms with Crippen LogP contribution in [0.4, 0.5) is 0 Å². The highest BCUT2D eigenvalue weighted by molar-refractivity contribution is 5.99. The van der Waals surface area contributed by atoms with Crippen LogP contribution in [0.25, 0.3) is 0 Å². The van der Waals surface area contributed by atoms with Gasteiger partial charge in [-0.25, -0.2) is 4.79 Å². The Morgan fingerprint density at radius 3 is 1.56 bits per heavy atom. The first kappa shape index (κ1) is 91.6. The Morgan fingerprint density at radius 2 is 1.07 bits per heavy atom. The summed E-state index contributed by atoms with van der Waals surface area (Å²) >= 11 is 0. The Morgan fingerprint density at radius 1 is 0.571 bits per heavy atom. The van der Waals surface area contributed by atoms with E-state index in [0.29, 0.717) is 6.42 Å². The van der Waals surface area contributed by atoms with Crippen molar-refractivity contribution in [2.24, 2.45) is 79.9 Å². The first-order chi connectivity index (χ1) is 48.7. The second-order valence-electron chi connectivity index (χ2n) is 27.8. The molecule has 1 aromatic rings. The minimum atomic E-state index is -2.50. The molecule has 12 amide bonds. The Balaban J connectivity index is 2.57. The summed E-state index contributed by atoms with van der Waals surface area (Å²) in [5.41, 5.74) is 33.4. The zero-order valence-electron chi connectivity index (χ0n) is 62.2. The van der Waals surface area contributed by atoms with Gasteiger partial charge in [0.05, 0.1) is 30.3 Å². The third-order valence-corrected chi connectivity index (χ3v) is 18.2. The van der Waals surface area contributed by atoms with Crippen molar-refractivity contribution >= 4 is 88.8 Å². The lowest BCUT2D eigenvalue weighted by Crippen LogP contribution is -2.64. The van der Waals surface area contributed by atoms with Crippen molar-refractivity contribution in [3.63, 3.8) is 0 Å². The van der Waals surface area contributed by atoms with Gasteiger partial charge in [0.1, 0.15) is 66.2 Å². The molecule has 1 saturated heterocycles. The van der Waals surface area contributed by atoms with Crippen molar-refractivity contribution in [2.45, 2.75) is 231 Å². The summed E-state index contributed by atoms with van der Waals surface area (Å²) in [6.45, 7) is 17.7. The van der Waals surface area contributed by atoms with Crippen LogP contribution in [0.1, 0.15) is 146 Å². The number of esters is 1.